The minimum atomic E-state index is -0.884. The molecule has 0 saturated heterocycles. The standard InChI is InChI=1S/C17H15FN4O4/c1-24-14-6-10-12(7-15(14)25-2)20-8-21-16(10)26-9-3-4-11(18)13(5-9)22-17(19)23/h3-8H,1-2H3,(H3,19,22,23). The second kappa shape index (κ2) is 7.09. The minimum Gasteiger partial charge on any atom is -0.493 e. The molecule has 0 aliphatic carbocycles. The van der Waals surface area contributed by atoms with Gasteiger partial charge in [0.2, 0.25) is 5.88 Å². The van der Waals surface area contributed by atoms with Crippen molar-refractivity contribution in [2.24, 2.45) is 5.73 Å². The van der Waals surface area contributed by atoms with Crippen molar-refractivity contribution in [2.45, 2.75) is 0 Å². The number of carbonyl (C=O) groups excluding carboxylic acids is 1. The SMILES string of the molecule is COc1cc2ncnc(Oc3ccc(F)c(NC(N)=O)c3)c2cc1OC. The Bertz CT molecular complexity index is 980. The molecule has 3 N–H and O–H groups in total. The lowest BCUT2D eigenvalue weighted by Gasteiger charge is -2.12. The summed E-state index contributed by atoms with van der Waals surface area (Å²) in [5.41, 5.74) is 5.50. The van der Waals surface area contributed by atoms with Crippen molar-refractivity contribution < 1.29 is 23.4 Å². The maximum atomic E-state index is 13.7. The fourth-order valence-corrected chi connectivity index (χ4v) is 2.35. The van der Waals surface area contributed by atoms with Crippen molar-refractivity contribution in [3.05, 3.63) is 42.5 Å². The summed E-state index contributed by atoms with van der Waals surface area (Å²) in [5, 5.41) is 2.75. The summed E-state index contributed by atoms with van der Waals surface area (Å²) in [6.07, 6.45) is 1.33. The van der Waals surface area contributed by atoms with E-state index >= 15 is 0 Å². The first-order valence-electron chi connectivity index (χ1n) is 7.42. The molecule has 3 aromatic rings. The molecular formula is C17H15FN4O4. The van der Waals surface area contributed by atoms with Crippen molar-refractivity contribution in [3.63, 3.8) is 0 Å². The highest BCUT2D eigenvalue weighted by atomic mass is 19.1. The number of fused-ring (bicyclic) bond motifs is 1. The lowest BCUT2D eigenvalue weighted by Crippen LogP contribution is -2.20. The molecule has 0 aliphatic heterocycles. The van der Waals surface area contributed by atoms with E-state index in [1.165, 1.54) is 32.7 Å². The Hall–Kier alpha value is -3.62. The summed E-state index contributed by atoms with van der Waals surface area (Å²) in [7, 11) is 3.03. The largest absolute Gasteiger partial charge is 0.493 e. The van der Waals surface area contributed by atoms with Crippen LogP contribution in [0.1, 0.15) is 0 Å². The molecule has 0 fully saturated rings. The first kappa shape index (κ1) is 17.2. The summed E-state index contributed by atoms with van der Waals surface area (Å²) in [5.74, 6) is 0.835. The number of anilines is 1. The van der Waals surface area contributed by atoms with Gasteiger partial charge in [0.05, 0.1) is 30.8 Å². The van der Waals surface area contributed by atoms with E-state index in [1.54, 1.807) is 12.1 Å². The Morgan fingerprint density at radius 1 is 1.12 bits per heavy atom. The van der Waals surface area contributed by atoms with Crippen molar-refractivity contribution in [3.8, 4) is 23.1 Å². The highest BCUT2D eigenvalue weighted by Crippen LogP contribution is 2.36. The Labute approximate surface area is 147 Å². The Morgan fingerprint density at radius 3 is 2.54 bits per heavy atom. The van der Waals surface area contributed by atoms with Crippen molar-refractivity contribution in [1.29, 1.82) is 0 Å². The molecule has 2 amide bonds. The number of hydrogen-bond acceptors (Lipinski definition) is 6. The first-order chi connectivity index (χ1) is 12.5. The quantitative estimate of drug-likeness (QED) is 0.725. The first-order valence-corrected chi connectivity index (χ1v) is 7.42. The molecule has 0 radical (unpaired) electrons. The third kappa shape index (κ3) is 3.41. The van der Waals surface area contributed by atoms with Crippen LogP contribution < -0.4 is 25.3 Å². The second-order valence-corrected chi connectivity index (χ2v) is 5.14. The van der Waals surface area contributed by atoms with Gasteiger partial charge in [0.15, 0.2) is 11.5 Å². The summed E-state index contributed by atoms with van der Waals surface area (Å²) >= 11 is 0. The van der Waals surface area contributed by atoms with Gasteiger partial charge in [-0.3, -0.25) is 0 Å². The molecule has 0 bridgehead atoms. The van der Waals surface area contributed by atoms with E-state index in [1.807, 2.05) is 0 Å². The fraction of sp³-hybridized carbons (Fsp3) is 0.118. The number of carbonyl (C=O) groups is 1. The maximum absolute atomic E-state index is 13.7. The number of methoxy groups -OCH3 is 2. The highest BCUT2D eigenvalue weighted by molar-refractivity contribution is 5.88. The summed E-state index contributed by atoms with van der Waals surface area (Å²) < 4.78 is 30.0. The average molecular weight is 358 g/mol. The van der Waals surface area contributed by atoms with E-state index in [0.717, 1.165) is 6.07 Å². The van der Waals surface area contributed by atoms with Gasteiger partial charge in [0, 0.05) is 12.1 Å². The van der Waals surface area contributed by atoms with Gasteiger partial charge in [-0.15, -0.1) is 0 Å². The molecule has 0 atom stereocenters. The van der Waals surface area contributed by atoms with E-state index < -0.39 is 11.8 Å². The third-order valence-corrected chi connectivity index (χ3v) is 3.51. The molecule has 0 spiro atoms. The molecule has 0 saturated carbocycles. The van der Waals surface area contributed by atoms with Crippen LogP contribution in [0.15, 0.2) is 36.7 Å². The maximum Gasteiger partial charge on any atom is 0.316 e. The van der Waals surface area contributed by atoms with Gasteiger partial charge in [-0.25, -0.2) is 19.2 Å². The summed E-state index contributed by atoms with van der Waals surface area (Å²) in [6, 6.07) is 6.33. The summed E-state index contributed by atoms with van der Waals surface area (Å²) in [4.78, 5) is 19.2. The number of primary amides is 1. The van der Waals surface area contributed by atoms with Crippen LogP contribution >= 0.6 is 0 Å². The van der Waals surface area contributed by atoms with E-state index in [9.17, 15) is 9.18 Å². The van der Waals surface area contributed by atoms with Crippen LogP contribution in [0.2, 0.25) is 0 Å². The van der Waals surface area contributed by atoms with Crippen LogP contribution in [0.5, 0.6) is 23.1 Å². The number of urea groups is 1. The van der Waals surface area contributed by atoms with E-state index in [0.29, 0.717) is 22.4 Å². The Morgan fingerprint density at radius 2 is 1.85 bits per heavy atom. The van der Waals surface area contributed by atoms with Gasteiger partial charge in [-0.05, 0) is 18.2 Å². The van der Waals surface area contributed by atoms with Crippen LogP contribution in [-0.4, -0.2) is 30.2 Å². The second-order valence-electron chi connectivity index (χ2n) is 5.14. The van der Waals surface area contributed by atoms with Gasteiger partial charge < -0.3 is 25.3 Å². The molecule has 9 heteroatoms. The highest BCUT2D eigenvalue weighted by Gasteiger charge is 2.13. The zero-order valence-electron chi connectivity index (χ0n) is 13.9. The third-order valence-electron chi connectivity index (χ3n) is 3.51. The molecule has 1 heterocycles. The monoisotopic (exact) mass is 358 g/mol. The molecule has 0 aliphatic rings. The Balaban J connectivity index is 2.02. The van der Waals surface area contributed by atoms with Crippen molar-refractivity contribution in [1.82, 2.24) is 9.97 Å². The molecule has 134 valence electrons. The van der Waals surface area contributed by atoms with Crippen LogP contribution in [0.4, 0.5) is 14.9 Å². The van der Waals surface area contributed by atoms with E-state index in [4.69, 9.17) is 19.9 Å². The molecule has 8 nitrogen and oxygen atoms in total. The van der Waals surface area contributed by atoms with Gasteiger partial charge in [-0.2, -0.15) is 0 Å². The number of rotatable bonds is 5. The number of halogens is 1. The number of benzene rings is 2. The van der Waals surface area contributed by atoms with Crippen LogP contribution in [0.25, 0.3) is 10.9 Å². The van der Waals surface area contributed by atoms with Gasteiger partial charge >= 0.3 is 6.03 Å². The molecule has 2 aromatic carbocycles. The number of nitrogens with two attached hydrogens (primary N) is 1. The predicted octanol–water partition coefficient (Wildman–Crippen LogP) is 3.07. The average Bonchev–Trinajstić information content (AvgIpc) is 2.63. The zero-order valence-corrected chi connectivity index (χ0v) is 13.9. The zero-order chi connectivity index (χ0) is 18.7. The fourth-order valence-electron chi connectivity index (χ4n) is 2.35. The minimum absolute atomic E-state index is 0.104. The number of nitrogens with one attached hydrogen (secondary N) is 1. The molecular weight excluding hydrogens is 343 g/mol. The number of aromatic nitrogens is 2. The number of hydrogen-bond donors (Lipinski definition) is 2. The van der Waals surface area contributed by atoms with Gasteiger partial charge in [0.25, 0.3) is 0 Å². The normalized spacial score (nSPS) is 10.4. The molecule has 3 rings (SSSR count). The lowest BCUT2D eigenvalue weighted by molar-refractivity contribution is 0.259. The molecule has 0 unspecified atom stereocenters. The van der Waals surface area contributed by atoms with Crippen LogP contribution in [0, 0.1) is 5.82 Å². The van der Waals surface area contributed by atoms with Crippen LogP contribution in [0.3, 0.4) is 0 Å². The lowest BCUT2D eigenvalue weighted by atomic mass is 10.2. The predicted molar refractivity (Wildman–Crippen MR) is 92.3 cm³/mol. The topological polar surface area (TPSA) is 109 Å². The van der Waals surface area contributed by atoms with Crippen molar-refractivity contribution in [2.75, 3.05) is 19.5 Å². The number of nitrogens with zero attached hydrogens (tertiary/aromatic N) is 2. The van der Waals surface area contributed by atoms with Crippen molar-refractivity contribution >= 4 is 22.6 Å². The number of ether oxygens (including phenoxy) is 3. The number of amides is 2. The van der Waals surface area contributed by atoms with Crippen LogP contribution in [-0.2, 0) is 0 Å². The van der Waals surface area contributed by atoms with Gasteiger partial charge in [-0.1, -0.05) is 0 Å². The van der Waals surface area contributed by atoms with Gasteiger partial charge in [0.1, 0.15) is 17.9 Å². The molecule has 26 heavy (non-hydrogen) atoms. The smallest absolute Gasteiger partial charge is 0.316 e. The van der Waals surface area contributed by atoms with E-state index in [-0.39, 0.29) is 17.3 Å². The Kier molecular flexibility index (Phi) is 4.70. The van der Waals surface area contributed by atoms with E-state index in [2.05, 4.69) is 15.3 Å². The summed E-state index contributed by atoms with van der Waals surface area (Å²) in [6.45, 7) is 0. The molecule has 1 aromatic heterocycles.